The predicted octanol–water partition coefficient (Wildman–Crippen LogP) is 2.79. The van der Waals surface area contributed by atoms with Crippen molar-refractivity contribution in [3.05, 3.63) is 57.0 Å². The van der Waals surface area contributed by atoms with Gasteiger partial charge in [0.1, 0.15) is 15.5 Å². The smallest absolute Gasteiger partial charge is 0.349 e. The van der Waals surface area contributed by atoms with Gasteiger partial charge in [-0.25, -0.2) is 9.78 Å². The number of aryl methyl sites for hydroxylation is 2. The molecule has 0 aliphatic carbocycles. The number of para-hydroxylation sites is 1. The molecular weight excluding hydrogens is 354 g/mol. The molecule has 1 aromatic carbocycles. The average molecular weight is 371 g/mol. The number of aromatic amines is 1. The Morgan fingerprint density at radius 1 is 1.23 bits per heavy atom. The Morgan fingerprint density at radius 3 is 2.62 bits per heavy atom. The number of benzene rings is 1. The Labute approximate surface area is 153 Å². The molecule has 0 saturated heterocycles. The number of aromatic nitrogens is 2. The summed E-state index contributed by atoms with van der Waals surface area (Å²) in [6, 6.07) is 8.89. The summed E-state index contributed by atoms with van der Waals surface area (Å²) in [6.07, 6.45) is -0.986. The van der Waals surface area contributed by atoms with Crippen molar-refractivity contribution in [3.8, 4) is 0 Å². The minimum atomic E-state index is -0.986. The Kier molecular flexibility index (Phi) is 4.85. The lowest BCUT2D eigenvalue weighted by Crippen LogP contribution is -2.29. The summed E-state index contributed by atoms with van der Waals surface area (Å²) in [6.45, 7) is 4.83. The van der Waals surface area contributed by atoms with Gasteiger partial charge in [-0.2, -0.15) is 0 Å². The van der Waals surface area contributed by atoms with Crippen LogP contribution >= 0.6 is 11.3 Å². The van der Waals surface area contributed by atoms with Crippen molar-refractivity contribution in [2.24, 2.45) is 0 Å². The van der Waals surface area contributed by atoms with Crippen molar-refractivity contribution in [3.63, 3.8) is 0 Å². The van der Waals surface area contributed by atoms with E-state index in [0.717, 1.165) is 11.3 Å². The van der Waals surface area contributed by atoms with Gasteiger partial charge in [-0.3, -0.25) is 9.59 Å². The molecule has 7 nitrogen and oxygen atoms in total. The zero-order valence-corrected chi connectivity index (χ0v) is 15.3. The number of amides is 1. The van der Waals surface area contributed by atoms with Crippen molar-refractivity contribution in [1.29, 1.82) is 0 Å². The maximum atomic E-state index is 12.5. The van der Waals surface area contributed by atoms with Gasteiger partial charge in [-0.15, -0.1) is 11.3 Å². The molecule has 3 rings (SSSR count). The minimum Gasteiger partial charge on any atom is -0.448 e. The first-order valence-electron chi connectivity index (χ1n) is 7.93. The summed E-state index contributed by atoms with van der Waals surface area (Å²) in [4.78, 5) is 44.3. The number of ether oxygens (including phenoxy) is 1. The topological polar surface area (TPSA) is 101 Å². The fourth-order valence-corrected chi connectivity index (χ4v) is 3.59. The number of anilines is 1. The summed E-state index contributed by atoms with van der Waals surface area (Å²) in [5, 5.41) is 3.05. The van der Waals surface area contributed by atoms with Gasteiger partial charge in [0.15, 0.2) is 6.10 Å². The maximum absolute atomic E-state index is 12.5. The van der Waals surface area contributed by atoms with Gasteiger partial charge >= 0.3 is 5.97 Å². The Hall–Kier alpha value is -3.00. The lowest BCUT2D eigenvalue weighted by Gasteiger charge is -2.13. The molecule has 2 N–H and O–H groups in total. The van der Waals surface area contributed by atoms with E-state index < -0.39 is 18.0 Å². The van der Waals surface area contributed by atoms with E-state index >= 15 is 0 Å². The summed E-state index contributed by atoms with van der Waals surface area (Å²) in [7, 11) is 0. The number of thiophene rings is 1. The number of H-pyrrole nitrogens is 1. The number of fused-ring (bicyclic) bond motifs is 1. The highest BCUT2D eigenvalue weighted by atomic mass is 32.1. The SMILES string of the molecule is Cc1nc2sc(C(=O)OC(C)C(=O)Nc3ccccc3)c(C)c2c(=O)[nH]1. The molecule has 8 heteroatoms. The van der Waals surface area contributed by atoms with E-state index in [-0.39, 0.29) is 10.4 Å². The van der Waals surface area contributed by atoms with Crippen molar-refractivity contribution in [2.75, 3.05) is 5.32 Å². The lowest BCUT2D eigenvalue weighted by molar-refractivity contribution is -0.123. The van der Waals surface area contributed by atoms with Gasteiger partial charge < -0.3 is 15.0 Å². The monoisotopic (exact) mass is 371 g/mol. The molecule has 2 heterocycles. The highest BCUT2D eigenvalue weighted by Gasteiger charge is 2.24. The van der Waals surface area contributed by atoms with E-state index in [9.17, 15) is 14.4 Å². The van der Waals surface area contributed by atoms with E-state index in [2.05, 4.69) is 15.3 Å². The molecule has 1 unspecified atom stereocenters. The number of nitrogens with zero attached hydrogens (tertiary/aromatic N) is 1. The van der Waals surface area contributed by atoms with Gasteiger partial charge in [-0.1, -0.05) is 18.2 Å². The molecule has 0 fully saturated rings. The molecule has 26 heavy (non-hydrogen) atoms. The van der Waals surface area contributed by atoms with Crippen molar-refractivity contribution >= 4 is 39.1 Å². The van der Waals surface area contributed by atoms with E-state index in [1.807, 2.05) is 6.07 Å². The molecule has 134 valence electrons. The van der Waals surface area contributed by atoms with Crippen LogP contribution in [-0.4, -0.2) is 27.9 Å². The van der Waals surface area contributed by atoms with Crippen LogP contribution in [0.4, 0.5) is 5.69 Å². The van der Waals surface area contributed by atoms with E-state index in [4.69, 9.17) is 4.74 Å². The van der Waals surface area contributed by atoms with Crippen LogP contribution in [0.5, 0.6) is 0 Å². The Balaban J connectivity index is 1.78. The van der Waals surface area contributed by atoms with Crippen LogP contribution in [-0.2, 0) is 9.53 Å². The number of carbonyl (C=O) groups is 2. The molecule has 0 aliphatic heterocycles. The van der Waals surface area contributed by atoms with Crippen LogP contribution in [0.1, 0.15) is 28.0 Å². The third kappa shape index (κ3) is 3.50. The minimum absolute atomic E-state index is 0.267. The normalized spacial score (nSPS) is 12.0. The van der Waals surface area contributed by atoms with Crippen LogP contribution in [0.15, 0.2) is 35.1 Å². The molecule has 3 aromatic rings. The number of carbonyl (C=O) groups excluding carboxylic acids is 2. The third-order valence-corrected chi connectivity index (χ3v) is 4.96. The van der Waals surface area contributed by atoms with Crippen LogP contribution in [0.25, 0.3) is 10.2 Å². The van der Waals surface area contributed by atoms with Crippen molar-refractivity contribution in [2.45, 2.75) is 26.9 Å². The average Bonchev–Trinajstić information content (AvgIpc) is 2.92. The van der Waals surface area contributed by atoms with Crippen molar-refractivity contribution in [1.82, 2.24) is 9.97 Å². The summed E-state index contributed by atoms with van der Waals surface area (Å²) in [5.74, 6) is -0.618. The van der Waals surface area contributed by atoms with E-state index in [1.54, 1.807) is 38.1 Å². The number of rotatable bonds is 4. The van der Waals surface area contributed by atoms with Gasteiger partial charge in [0.2, 0.25) is 0 Å². The first kappa shape index (κ1) is 17.8. The highest BCUT2D eigenvalue weighted by Crippen LogP contribution is 2.27. The third-order valence-electron chi connectivity index (χ3n) is 3.80. The standard InChI is InChI=1S/C18H17N3O4S/c1-9-13-16(23)19-11(3)20-17(13)26-14(9)18(24)25-10(2)15(22)21-12-7-5-4-6-8-12/h4-8,10H,1-3H3,(H,21,22)(H,19,20,23). The molecule has 2 aromatic heterocycles. The second kappa shape index (κ2) is 7.09. The van der Waals surface area contributed by atoms with Crippen LogP contribution in [0, 0.1) is 13.8 Å². The zero-order chi connectivity index (χ0) is 18.8. The van der Waals surface area contributed by atoms with E-state index in [1.165, 1.54) is 6.92 Å². The second-order valence-corrected chi connectivity index (χ2v) is 6.79. The summed E-state index contributed by atoms with van der Waals surface area (Å²) in [5.41, 5.74) is 0.819. The highest BCUT2D eigenvalue weighted by molar-refractivity contribution is 7.20. The van der Waals surface area contributed by atoms with Crippen LogP contribution < -0.4 is 10.9 Å². The van der Waals surface area contributed by atoms with E-state index in [0.29, 0.717) is 27.3 Å². The van der Waals surface area contributed by atoms with Crippen molar-refractivity contribution < 1.29 is 14.3 Å². The Morgan fingerprint density at radius 2 is 1.92 bits per heavy atom. The number of nitrogens with one attached hydrogen (secondary N) is 2. The number of hydrogen-bond donors (Lipinski definition) is 2. The van der Waals surface area contributed by atoms with Gasteiger partial charge in [0.05, 0.1) is 5.39 Å². The first-order chi connectivity index (χ1) is 12.4. The molecule has 0 aliphatic rings. The molecule has 0 bridgehead atoms. The first-order valence-corrected chi connectivity index (χ1v) is 8.75. The predicted molar refractivity (Wildman–Crippen MR) is 99.7 cm³/mol. The molecule has 1 amide bonds. The largest absolute Gasteiger partial charge is 0.448 e. The number of esters is 1. The fourth-order valence-electron chi connectivity index (χ4n) is 2.48. The lowest BCUT2D eigenvalue weighted by atomic mass is 10.2. The Bertz CT molecular complexity index is 1040. The van der Waals surface area contributed by atoms with Gasteiger partial charge in [0, 0.05) is 5.69 Å². The van der Waals surface area contributed by atoms with Gasteiger partial charge in [-0.05, 0) is 38.5 Å². The fraction of sp³-hybridized carbons (Fsp3) is 0.222. The van der Waals surface area contributed by atoms with Crippen LogP contribution in [0.3, 0.4) is 0 Å². The van der Waals surface area contributed by atoms with Crippen LogP contribution in [0.2, 0.25) is 0 Å². The molecule has 0 saturated carbocycles. The molecule has 1 atom stereocenters. The zero-order valence-electron chi connectivity index (χ0n) is 14.5. The quantitative estimate of drug-likeness (QED) is 0.687. The summed E-state index contributed by atoms with van der Waals surface area (Å²) >= 11 is 1.08. The maximum Gasteiger partial charge on any atom is 0.349 e. The van der Waals surface area contributed by atoms with Gasteiger partial charge in [0.25, 0.3) is 11.5 Å². The number of hydrogen-bond acceptors (Lipinski definition) is 6. The second-order valence-electron chi connectivity index (χ2n) is 5.79. The summed E-state index contributed by atoms with van der Waals surface area (Å²) < 4.78 is 5.27. The molecule has 0 radical (unpaired) electrons. The molecule has 0 spiro atoms. The molecular formula is C18H17N3O4S.